The zero-order valence-corrected chi connectivity index (χ0v) is 12.0. The summed E-state index contributed by atoms with van der Waals surface area (Å²) in [4.78, 5) is 16.4. The molecule has 4 heteroatoms. The third-order valence-corrected chi connectivity index (χ3v) is 3.51. The van der Waals surface area contributed by atoms with Gasteiger partial charge in [-0.2, -0.15) is 0 Å². The van der Waals surface area contributed by atoms with Gasteiger partial charge < -0.3 is 5.32 Å². The van der Waals surface area contributed by atoms with E-state index in [0.29, 0.717) is 18.2 Å². The number of hydrogen-bond acceptors (Lipinski definition) is 3. The SMILES string of the molecule is CC(NCc1cc(=O)n2ccccc2n1)C(C)(C)C. The first-order valence-electron chi connectivity index (χ1n) is 6.58. The molecular formula is C15H21N3O. The van der Waals surface area contributed by atoms with Gasteiger partial charge in [0.1, 0.15) is 5.65 Å². The minimum Gasteiger partial charge on any atom is -0.308 e. The van der Waals surface area contributed by atoms with Crippen LogP contribution < -0.4 is 10.9 Å². The summed E-state index contributed by atoms with van der Waals surface area (Å²) < 4.78 is 1.55. The number of aromatic nitrogens is 2. The maximum Gasteiger partial charge on any atom is 0.258 e. The van der Waals surface area contributed by atoms with E-state index in [4.69, 9.17) is 0 Å². The lowest BCUT2D eigenvalue weighted by Crippen LogP contribution is -2.37. The molecule has 0 saturated carbocycles. The van der Waals surface area contributed by atoms with Gasteiger partial charge in [0, 0.05) is 24.8 Å². The van der Waals surface area contributed by atoms with Crippen molar-refractivity contribution in [2.75, 3.05) is 0 Å². The maximum atomic E-state index is 11.9. The summed E-state index contributed by atoms with van der Waals surface area (Å²) >= 11 is 0. The standard InChI is InChI=1S/C15H21N3O/c1-11(15(2,3)4)16-10-12-9-14(19)18-8-6-5-7-13(18)17-12/h5-9,11,16H,10H2,1-4H3. The molecule has 0 amide bonds. The zero-order valence-electron chi connectivity index (χ0n) is 12.0. The molecule has 0 saturated heterocycles. The molecule has 1 unspecified atom stereocenters. The van der Waals surface area contributed by atoms with Gasteiger partial charge in [-0.1, -0.05) is 26.8 Å². The lowest BCUT2D eigenvalue weighted by Gasteiger charge is -2.28. The molecule has 0 aliphatic carbocycles. The van der Waals surface area contributed by atoms with Crippen LogP contribution in [0.4, 0.5) is 0 Å². The molecule has 0 aromatic carbocycles. The number of rotatable bonds is 3. The number of pyridine rings is 1. The summed E-state index contributed by atoms with van der Waals surface area (Å²) in [5.74, 6) is 0. The molecular weight excluding hydrogens is 238 g/mol. The topological polar surface area (TPSA) is 46.4 Å². The molecule has 0 aliphatic rings. The highest BCUT2D eigenvalue weighted by Crippen LogP contribution is 2.18. The summed E-state index contributed by atoms with van der Waals surface area (Å²) in [5.41, 5.74) is 1.62. The Labute approximate surface area is 113 Å². The van der Waals surface area contributed by atoms with Gasteiger partial charge in [-0.3, -0.25) is 9.20 Å². The summed E-state index contributed by atoms with van der Waals surface area (Å²) in [6.07, 6.45) is 1.74. The van der Waals surface area contributed by atoms with Gasteiger partial charge in [-0.15, -0.1) is 0 Å². The fraction of sp³-hybridized carbons (Fsp3) is 0.467. The molecule has 0 spiro atoms. The van der Waals surface area contributed by atoms with E-state index in [0.717, 1.165) is 5.69 Å². The van der Waals surface area contributed by atoms with Gasteiger partial charge in [0.15, 0.2) is 0 Å². The average Bonchev–Trinajstić information content (AvgIpc) is 2.35. The fourth-order valence-corrected chi connectivity index (χ4v) is 1.76. The number of fused-ring (bicyclic) bond motifs is 1. The largest absolute Gasteiger partial charge is 0.308 e. The molecule has 0 radical (unpaired) electrons. The Balaban J connectivity index is 2.21. The van der Waals surface area contributed by atoms with E-state index < -0.39 is 0 Å². The summed E-state index contributed by atoms with van der Waals surface area (Å²) in [6, 6.07) is 7.50. The molecule has 1 N–H and O–H groups in total. The van der Waals surface area contributed by atoms with Crippen LogP contribution in [0.15, 0.2) is 35.3 Å². The first kappa shape index (κ1) is 13.7. The maximum absolute atomic E-state index is 11.9. The first-order chi connectivity index (χ1) is 8.88. The minimum absolute atomic E-state index is 0.0363. The minimum atomic E-state index is -0.0363. The van der Waals surface area contributed by atoms with Crippen LogP contribution >= 0.6 is 0 Å². The molecule has 2 aromatic rings. The molecule has 1 atom stereocenters. The third kappa shape index (κ3) is 3.20. The molecule has 0 fully saturated rings. The monoisotopic (exact) mass is 259 g/mol. The van der Waals surface area contributed by atoms with Crippen molar-refractivity contribution in [2.24, 2.45) is 5.41 Å². The van der Waals surface area contributed by atoms with Crippen molar-refractivity contribution in [1.82, 2.24) is 14.7 Å². The molecule has 0 aliphatic heterocycles. The van der Waals surface area contributed by atoms with E-state index in [9.17, 15) is 4.79 Å². The van der Waals surface area contributed by atoms with Crippen LogP contribution in [-0.4, -0.2) is 15.4 Å². The van der Waals surface area contributed by atoms with Crippen molar-refractivity contribution in [1.29, 1.82) is 0 Å². The van der Waals surface area contributed by atoms with Crippen molar-refractivity contribution < 1.29 is 0 Å². The predicted octanol–water partition coefficient (Wildman–Crippen LogP) is 2.22. The van der Waals surface area contributed by atoms with Crippen LogP contribution in [-0.2, 0) is 6.54 Å². The van der Waals surface area contributed by atoms with Gasteiger partial charge in [0.2, 0.25) is 0 Å². The predicted molar refractivity (Wildman–Crippen MR) is 77.2 cm³/mol. The van der Waals surface area contributed by atoms with Crippen molar-refractivity contribution in [3.8, 4) is 0 Å². The average molecular weight is 259 g/mol. The van der Waals surface area contributed by atoms with Crippen LogP contribution in [0, 0.1) is 5.41 Å². The Kier molecular flexibility index (Phi) is 3.71. The number of nitrogens with one attached hydrogen (secondary N) is 1. The van der Waals surface area contributed by atoms with Crippen molar-refractivity contribution in [3.63, 3.8) is 0 Å². The van der Waals surface area contributed by atoms with E-state index in [1.54, 1.807) is 16.7 Å². The second kappa shape index (κ2) is 5.13. The normalized spacial score (nSPS) is 13.7. The van der Waals surface area contributed by atoms with E-state index in [2.05, 4.69) is 38.0 Å². The highest BCUT2D eigenvalue weighted by atomic mass is 16.1. The highest BCUT2D eigenvalue weighted by Gasteiger charge is 2.19. The molecule has 0 bridgehead atoms. The Morgan fingerprint density at radius 2 is 2.11 bits per heavy atom. The van der Waals surface area contributed by atoms with Crippen LogP contribution in [0.3, 0.4) is 0 Å². The van der Waals surface area contributed by atoms with Crippen LogP contribution in [0.2, 0.25) is 0 Å². The fourth-order valence-electron chi connectivity index (χ4n) is 1.76. The Bertz CT molecular complexity index is 625. The molecule has 102 valence electrons. The van der Waals surface area contributed by atoms with E-state index in [1.807, 2.05) is 18.2 Å². The molecule has 2 aromatic heterocycles. The lowest BCUT2D eigenvalue weighted by atomic mass is 9.88. The highest BCUT2D eigenvalue weighted by molar-refractivity contribution is 5.37. The first-order valence-corrected chi connectivity index (χ1v) is 6.58. The third-order valence-electron chi connectivity index (χ3n) is 3.51. The van der Waals surface area contributed by atoms with Crippen LogP contribution in [0.1, 0.15) is 33.4 Å². The van der Waals surface area contributed by atoms with E-state index >= 15 is 0 Å². The van der Waals surface area contributed by atoms with Gasteiger partial charge in [0.25, 0.3) is 5.56 Å². The Hall–Kier alpha value is -1.68. The van der Waals surface area contributed by atoms with Gasteiger partial charge in [-0.05, 0) is 24.5 Å². The molecule has 4 nitrogen and oxygen atoms in total. The van der Waals surface area contributed by atoms with Crippen molar-refractivity contribution >= 4 is 5.65 Å². The number of hydrogen-bond donors (Lipinski definition) is 1. The van der Waals surface area contributed by atoms with Crippen molar-refractivity contribution in [3.05, 3.63) is 46.5 Å². The zero-order chi connectivity index (χ0) is 14.0. The van der Waals surface area contributed by atoms with Gasteiger partial charge in [-0.25, -0.2) is 4.98 Å². The van der Waals surface area contributed by atoms with E-state index in [1.165, 1.54) is 0 Å². The van der Waals surface area contributed by atoms with Crippen LogP contribution in [0.25, 0.3) is 5.65 Å². The smallest absolute Gasteiger partial charge is 0.258 e. The summed E-state index contributed by atoms with van der Waals surface area (Å²) in [5, 5.41) is 3.42. The molecule has 2 heterocycles. The number of nitrogens with zero attached hydrogens (tertiary/aromatic N) is 2. The molecule has 19 heavy (non-hydrogen) atoms. The molecule has 2 rings (SSSR count). The van der Waals surface area contributed by atoms with E-state index in [-0.39, 0.29) is 11.0 Å². The second-order valence-corrected chi connectivity index (χ2v) is 5.98. The summed E-state index contributed by atoms with van der Waals surface area (Å²) in [6.45, 7) is 9.32. The van der Waals surface area contributed by atoms with Crippen molar-refractivity contribution in [2.45, 2.75) is 40.3 Å². The van der Waals surface area contributed by atoms with Gasteiger partial charge >= 0.3 is 0 Å². The Morgan fingerprint density at radius 3 is 2.79 bits per heavy atom. The lowest BCUT2D eigenvalue weighted by molar-refractivity contribution is 0.284. The Morgan fingerprint density at radius 1 is 1.37 bits per heavy atom. The van der Waals surface area contributed by atoms with Crippen LogP contribution in [0.5, 0.6) is 0 Å². The second-order valence-electron chi connectivity index (χ2n) is 5.98. The summed E-state index contributed by atoms with van der Waals surface area (Å²) in [7, 11) is 0. The quantitative estimate of drug-likeness (QED) is 0.919. The van der Waals surface area contributed by atoms with Gasteiger partial charge in [0.05, 0.1) is 5.69 Å².